The van der Waals surface area contributed by atoms with Gasteiger partial charge in [0, 0.05) is 17.5 Å². The number of fused-ring (bicyclic) bond motifs is 1. The van der Waals surface area contributed by atoms with Crippen molar-refractivity contribution in [3.8, 4) is 11.5 Å². The molecule has 0 aliphatic carbocycles. The van der Waals surface area contributed by atoms with Gasteiger partial charge < -0.3 is 14.6 Å². The normalized spacial score (nSPS) is 18.9. The maximum absolute atomic E-state index is 10.3. The van der Waals surface area contributed by atoms with E-state index in [-0.39, 0.29) is 0 Å². The Balaban J connectivity index is 1.79. The summed E-state index contributed by atoms with van der Waals surface area (Å²) in [5, 5.41) is 10.3. The highest BCUT2D eigenvalue weighted by Crippen LogP contribution is 2.34. The molecule has 4 heteroatoms. The second-order valence-electron chi connectivity index (χ2n) is 4.59. The van der Waals surface area contributed by atoms with Gasteiger partial charge in [0.15, 0.2) is 17.6 Å². The smallest absolute Gasteiger partial charge is 0.163 e. The molecule has 3 rings (SSSR count). The molecular weight excluding hydrogens is 242 g/mol. The second kappa shape index (κ2) is 4.90. The quantitative estimate of drug-likeness (QED) is 0.896. The van der Waals surface area contributed by atoms with Crippen LogP contribution >= 0.6 is 0 Å². The molecule has 2 heterocycles. The lowest BCUT2D eigenvalue weighted by Gasteiger charge is -2.29. The van der Waals surface area contributed by atoms with Crippen molar-refractivity contribution in [2.24, 2.45) is 0 Å². The Morgan fingerprint density at radius 2 is 2.00 bits per heavy atom. The molecule has 0 bridgehead atoms. The van der Waals surface area contributed by atoms with Gasteiger partial charge >= 0.3 is 0 Å². The maximum atomic E-state index is 10.3. The minimum atomic E-state index is -0.749. The van der Waals surface area contributed by atoms with E-state index in [2.05, 4.69) is 4.98 Å². The maximum Gasteiger partial charge on any atom is 0.163 e. The minimum absolute atomic E-state index is 0.325. The molecule has 2 unspecified atom stereocenters. The first-order valence-corrected chi connectivity index (χ1v) is 6.23. The van der Waals surface area contributed by atoms with Crippen LogP contribution in [0.2, 0.25) is 0 Å². The Morgan fingerprint density at radius 3 is 2.74 bits per heavy atom. The molecule has 1 aromatic heterocycles. The summed E-state index contributed by atoms with van der Waals surface area (Å²) in [5.74, 6) is 1.38. The SMILES string of the molecule is Cc1ccc(C(O)C2COc3ccccc3O2)cn1. The van der Waals surface area contributed by atoms with Gasteiger partial charge in [-0.3, -0.25) is 4.98 Å². The monoisotopic (exact) mass is 257 g/mol. The van der Waals surface area contributed by atoms with Crippen LogP contribution in [0, 0.1) is 6.92 Å². The van der Waals surface area contributed by atoms with Crippen molar-refractivity contribution in [1.29, 1.82) is 0 Å². The van der Waals surface area contributed by atoms with Gasteiger partial charge in [-0.15, -0.1) is 0 Å². The van der Waals surface area contributed by atoms with Gasteiger partial charge in [-0.1, -0.05) is 18.2 Å². The standard InChI is InChI=1S/C15H15NO3/c1-10-6-7-11(8-16-10)15(17)14-9-18-12-4-2-3-5-13(12)19-14/h2-8,14-15,17H,9H2,1H3. The van der Waals surface area contributed by atoms with Gasteiger partial charge in [-0.25, -0.2) is 0 Å². The minimum Gasteiger partial charge on any atom is -0.486 e. The molecule has 0 saturated carbocycles. The van der Waals surface area contributed by atoms with E-state index in [1.54, 1.807) is 6.20 Å². The number of ether oxygens (including phenoxy) is 2. The average Bonchev–Trinajstić information content (AvgIpc) is 2.47. The van der Waals surface area contributed by atoms with Crippen molar-refractivity contribution in [3.63, 3.8) is 0 Å². The molecule has 1 aliphatic rings. The Bertz CT molecular complexity index is 568. The summed E-state index contributed by atoms with van der Waals surface area (Å²) in [4.78, 5) is 4.18. The fourth-order valence-electron chi connectivity index (χ4n) is 2.06. The fourth-order valence-corrected chi connectivity index (χ4v) is 2.06. The van der Waals surface area contributed by atoms with Crippen LogP contribution in [-0.2, 0) is 0 Å². The number of aryl methyl sites for hydroxylation is 1. The molecule has 98 valence electrons. The zero-order valence-electron chi connectivity index (χ0n) is 10.6. The third-order valence-corrected chi connectivity index (χ3v) is 3.16. The lowest BCUT2D eigenvalue weighted by molar-refractivity contribution is -0.0114. The van der Waals surface area contributed by atoms with Crippen LogP contribution in [0.15, 0.2) is 42.6 Å². The summed E-state index contributed by atoms with van der Waals surface area (Å²) in [7, 11) is 0. The number of hydrogen-bond donors (Lipinski definition) is 1. The first-order valence-electron chi connectivity index (χ1n) is 6.23. The third-order valence-electron chi connectivity index (χ3n) is 3.16. The molecular formula is C15H15NO3. The Labute approximate surface area is 111 Å². The molecule has 1 N–H and O–H groups in total. The van der Waals surface area contributed by atoms with E-state index in [9.17, 15) is 5.11 Å². The molecule has 1 aliphatic heterocycles. The number of para-hydroxylation sites is 2. The summed E-state index contributed by atoms with van der Waals surface area (Å²) in [6, 6.07) is 11.2. The van der Waals surface area contributed by atoms with Crippen LogP contribution in [-0.4, -0.2) is 22.8 Å². The molecule has 2 atom stereocenters. The van der Waals surface area contributed by atoms with Crippen LogP contribution in [0.4, 0.5) is 0 Å². The van der Waals surface area contributed by atoms with Crippen molar-refractivity contribution < 1.29 is 14.6 Å². The van der Waals surface area contributed by atoms with Crippen molar-refractivity contribution >= 4 is 0 Å². The van der Waals surface area contributed by atoms with Gasteiger partial charge in [0.05, 0.1) is 0 Å². The number of aliphatic hydroxyl groups excluding tert-OH is 1. The molecule has 0 radical (unpaired) electrons. The predicted molar refractivity (Wildman–Crippen MR) is 70.3 cm³/mol. The zero-order chi connectivity index (χ0) is 13.2. The summed E-state index contributed by atoms with van der Waals surface area (Å²) >= 11 is 0. The number of nitrogens with zero attached hydrogens (tertiary/aromatic N) is 1. The van der Waals surface area contributed by atoms with Crippen LogP contribution < -0.4 is 9.47 Å². The fraction of sp³-hybridized carbons (Fsp3) is 0.267. The molecule has 0 spiro atoms. The Morgan fingerprint density at radius 1 is 1.21 bits per heavy atom. The summed E-state index contributed by atoms with van der Waals surface area (Å²) in [5.41, 5.74) is 1.65. The number of aromatic nitrogens is 1. The second-order valence-corrected chi connectivity index (χ2v) is 4.59. The molecule has 0 amide bonds. The highest BCUT2D eigenvalue weighted by atomic mass is 16.6. The summed E-state index contributed by atoms with van der Waals surface area (Å²) < 4.78 is 11.4. The van der Waals surface area contributed by atoms with E-state index in [4.69, 9.17) is 9.47 Å². The van der Waals surface area contributed by atoms with E-state index in [1.807, 2.05) is 43.3 Å². The van der Waals surface area contributed by atoms with Crippen molar-refractivity contribution in [2.45, 2.75) is 19.1 Å². The molecule has 2 aromatic rings. The largest absolute Gasteiger partial charge is 0.486 e. The van der Waals surface area contributed by atoms with Crippen LogP contribution in [0.25, 0.3) is 0 Å². The number of pyridine rings is 1. The highest BCUT2D eigenvalue weighted by Gasteiger charge is 2.28. The highest BCUT2D eigenvalue weighted by molar-refractivity contribution is 5.41. The Kier molecular flexibility index (Phi) is 3.09. The molecule has 19 heavy (non-hydrogen) atoms. The third kappa shape index (κ3) is 2.39. The van der Waals surface area contributed by atoms with Crippen LogP contribution in [0.5, 0.6) is 11.5 Å². The summed E-state index contributed by atoms with van der Waals surface area (Å²) in [6.45, 7) is 2.23. The zero-order valence-corrected chi connectivity index (χ0v) is 10.6. The van der Waals surface area contributed by atoms with Gasteiger partial charge in [-0.2, -0.15) is 0 Å². The number of aliphatic hydroxyl groups is 1. The van der Waals surface area contributed by atoms with E-state index >= 15 is 0 Å². The predicted octanol–water partition coefficient (Wildman–Crippen LogP) is 2.26. The first kappa shape index (κ1) is 12.0. The number of benzene rings is 1. The number of hydrogen-bond acceptors (Lipinski definition) is 4. The topological polar surface area (TPSA) is 51.6 Å². The number of rotatable bonds is 2. The van der Waals surface area contributed by atoms with Gasteiger partial charge in [-0.05, 0) is 25.1 Å². The van der Waals surface area contributed by atoms with E-state index in [0.29, 0.717) is 18.1 Å². The van der Waals surface area contributed by atoms with Crippen LogP contribution in [0.3, 0.4) is 0 Å². The lowest BCUT2D eigenvalue weighted by Crippen LogP contribution is -2.34. The Hall–Kier alpha value is -2.07. The van der Waals surface area contributed by atoms with E-state index in [1.165, 1.54) is 0 Å². The molecule has 4 nitrogen and oxygen atoms in total. The summed E-state index contributed by atoms with van der Waals surface area (Å²) in [6.07, 6.45) is 0.505. The van der Waals surface area contributed by atoms with Gasteiger partial charge in [0.1, 0.15) is 12.7 Å². The van der Waals surface area contributed by atoms with Gasteiger partial charge in [0.25, 0.3) is 0 Å². The first-order chi connectivity index (χ1) is 9.24. The van der Waals surface area contributed by atoms with E-state index in [0.717, 1.165) is 11.3 Å². The van der Waals surface area contributed by atoms with Crippen molar-refractivity contribution in [2.75, 3.05) is 6.61 Å². The van der Waals surface area contributed by atoms with E-state index < -0.39 is 12.2 Å². The van der Waals surface area contributed by atoms with Crippen LogP contribution in [0.1, 0.15) is 17.4 Å². The average molecular weight is 257 g/mol. The molecule has 0 saturated heterocycles. The molecule has 0 fully saturated rings. The van der Waals surface area contributed by atoms with Gasteiger partial charge in [0.2, 0.25) is 0 Å². The van der Waals surface area contributed by atoms with Crippen molar-refractivity contribution in [1.82, 2.24) is 4.98 Å². The lowest BCUT2D eigenvalue weighted by atomic mass is 10.1. The molecule has 1 aromatic carbocycles. The van der Waals surface area contributed by atoms with Crippen molar-refractivity contribution in [3.05, 3.63) is 53.9 Å².